The summed E-state index contributed by atoms with van der Waals surface area (Å²) in [6.45, 7) is 2.17. The molecule has 0 bridgehead atoms. The van der Waals surface area contributed by atoms with Crippen molar-refractivity contribution in [2.45, 2.75) is 100 Å². The van der Waals surface area contributed by atoms with Gasteiger partial charge in [0.1, 0.15) is 66.8 Å². The number of anilines is 2. The number of ether oxygens (including phenoxy) is 6. The number of nitrogens with zero attached hydrogens (tertiary/aromatic N) is 7. The average Bonchev–Trinajstić information content (AvgIpc) is 4.04. The number of aliphatic hydroxyl groups excluding tert-OH is 2. The Bertz CT molecular complexity index is 2750. The monoisotopic (exact) mass is 1070 g/mol. The first kappa shape index (κ1) is 53.5. The highest BCUT2D eigenvalue weighted by Gasteiger charge is 2.54. The van der Waals surface area contributed by atoms with E-state index in [2.05, 4.69) is 33.5 Å². The van der Waals surface area contributed by atoms with Crippen LogP contribution in [0.4, 0.5) is 11.8 Å². The van der Waals surface area contributed by atoms with E-state index in [1.165, 1.54) is 33.4 Å². The second kappa shape index (κ2) is 20.7. The van der Waals surface area contributed by atoms with Crippen molar-refractivity contribution in [3.8, 4) is 0 Å². The number of nitrogens with one attached hydrogen (secondary N) is 1. The summed E-state index contributed by atoms with van der Waals surface area (Å²) < 4.78 is 120. The molecule has 0 saturated carbocycles. The second-order valence-electron chi connectivity index (χ2n) is 15.9. The van der Waals surface area contributed by atoms with E-state index in [1.807, 2.05) is 0 Å². The summed E-state index contributed by atoms with van der Waals surface area (Å²) in [5, 5.41) is 21.6. The summed E-state index contributed by atoms with van der Waals surface area (Å²) in [7, 11) is -19.1. The van der Waals surface area contributed by atoms with E-state index < -0.39 is 130 Å². The molecule has 11 N–H and O–H groups in total. The molecule has 0 aromatic carbocycles. The van der Waals surface area contributed by atoms with E-state index in [-0.39, 0.29) is 40.2 Å². The number of H-pyrrole nitrogens is 1. The van der Waals surface area contributed by atoms with Crippen molar-refractivity contribution >= 4 is 65.4 Å². The topological polar surface area (TPSA) is 451 Å². The van der Waals surface area contributed by atoms with Gasteiger partial charge in [0.15, 0.2) is 24.0 Å². The Morgan fingerprint density at radius 1 is 0.812 bits per heavy atom. The number of imidazole rings is 2. The minimum absolute atomic E-state index is 0.0201. The molecule has 7 heterocycles. The number of hydrogen-bond acceptors (Lipinski definition) is 25. The highest BCUT2D eigenvalue weighted by Crippen LogP contribution is 2.68. The normalized spacial score (nSPS) is 32.1. The zero-order chi connectivity index (χ0) is 50.5. The van der Waals surface area contributed by atoms with Gasteiger partial charge in [0.25, 0.3) is 11.5 Å². The molecule has 16 atom stereocenters. The summed E-state index contributed by atoms with van der Waals surface area (Å²) in [5.74, 6) is -0.297. The van der Waals surface area contributed by atoms with Crippen LogP contribution in [0, 0.1) is 0 Å². The number of fused-ring (bicyclic) bond motifs is 2. The van der Waals surface area contributed by atoms with Gasteiger partial charge in [0, 0.05) is 14.2 Å². The Hall–Kier alpha value is -3.30. The van der Waals surface area contributed by atoms with Crippen LogP contribution < -0.4 is 21.6 Å². The number of aryl methyl sites for hydroxylation is 1. The van der Waals surface area contributed by atoms with Gasteiger partial charge in [-0.3, -0.25) is 37.0 Å². The van der Waals surface area contributed by atoms with Crippen molar-refractivity contribution in [2.24, 2.45) is 7.05 Å². The first-order chi connectivity index (χ1) is 32.2. The molecule has 3 saturated heterocycles. The third-order valence-electron chi connectivity index (χ3n) is 10.7. The first-order valence-corrected chi connectivity index (χ1v) is 26.3. The van der Waals surface area contributed by atoms with Crippen LogP contribution >= 0.6 is 31.3 Å². The van der Waals surface area contributed by atoms with E-state index in [1.54, 1.807) is 20.8 Å². The Balaban J connectivity index is 1.02. The van der Waals surface area contributed by atoms with Crippen LogP contribution in [0.2, 0.25) is 0 Å². The third-order valence-corrected chi connectivity index (χ3v) is 16.0. The molecule has 4 aromatic heterocycles. The molecule has 7 unspecified atom stereocenters. The lowest BCUT2D eigenvalue weighted by Gasteiger charge is -2.27. The highest BCUT2D eigenvalue weighted by atomic mass is 31.3. The number of rotatable bonds is 21. The van der Waals surface area contributed by atoms with E-state index in [0.717, 1.165) is 20.5 Å². The number of aliphatic hydroxyl groups is 2. The number of methoxy groups -OCH3 is 2. The molecular weight excluding hydrogens is 1020 g/mol. The summed E-state index contributed by atoms with van der Waals surface area (Å²) in [5.41, 5.74) is 11.2. The molecule has 3 aliphatic rings. The van der Waals surface area contributed by atoms with Gasteiger partial charge in [-0.1, -0.05) is 4.98 Å². The molecular formula is C32H51N10O23P4+. The SMILES string of the molecule is COC1[C@@H](OP(=O)(O)OC[C@H]2O[C@@H](C)C(O)[C@H]2OC(C)C)[C@@H](COP(=O)(O)OP(=O)(O)OP(=O)(O)OC[C@H]2O[C@@H]([n+]3cn(C)c4c(=O)[nH]c(N)nc43)C(O)[C@H]2OC)O[C@H]1n1cnc2c(N)ncnc21. The van der Waals surface area contributed by atoms with Gasteiger partial charge in [0.05, 0.1) is 45.4 Å². The number of hydrogen-bond donors (Lipinski definition) is 9. The minimum Gasteiger partial charge on any atom is -0.388 e. The van der Waals surface area contributed by atoms with Crippen molar-refractivity contribution in [3.05, 3.63) is 29.3 Å². The maximum Gasteiger partial charge on any atom is 0.490 e. The lowest BCUT2D eigenvalue weighted by molar-refractivity contribution is -0.745. The summed E-state index contributed by atoms with van der Waals surface area (Å²) in [4.78, 5) is 73.5. The van der Waals surface area contributed by atoms with Gasteiger partial charge in [-0.05, 0) is 20.8 Å². The molecule has 0 aliphatic carbocycles. The highest BCUT2D eigenvalue weighted by molar-refractivity contribution is 7.66. The summed E-state index contributed by atoms with van der Waals surface area (Å²) in [6.07, 6.45) is -12.5. The Morgan fingerprint density at radius 2 is 1.41 bits per heavy atom. The zero-order valence-electron chi connectivity index (χ0n) is 37.1. The van der Waals surface area contributed by atoms with E-state index in [0.29, 0.717) is 0 Å². The van der Waals surface area contributed by atoms with Crippen LogP contribution in [-0.4, -0.2) is 165 Å². The third kappa shape index (κ3) is 11.8. The van der Waals surface area contributed by atoms with Crippen LogP contribution in [0.25, 0.3) is 22.3 Å². The maximum atomic E-state index is 13.6. The standard InChI is InChI=1S/C32H50N10O23P4/c1-13(2)59-23-16(60-14(3)20(23)43)8-56-66(46,47)63-24-17(62-31(25(24)55-6)41-11-37-18-26(33)35-10-36-27(18)41)9-58-68(50,51)65-69(52,53)64-67(48,49)57-7-15-22(54-5)21(44)30(61-15)42-12-40(4)19-28(42)38-32(34)39-29(19)45/h10-17,20-25,30-31,43-44H,7-9H2,1-6H3,(H8-,33,34,35,36,38,39,45,46,47,48,49,50,51,52,53)/p+1/t14-,15+,16+,17+,20?,21?,22-,23-,24-,25?,30+,31+/m0/s1. The number of nitrogens with two attached hydrogens (primary N) is 2. The molecule has 0 spiro atoms. The van der Waals surface area contributed by atoms with Gasteiger partial charge in [-0.25, -0.2) is 37.8 Å². The summed E-state index contributed by atoms with van der Waals surface area (Å²) >= 11 is 0. The number of aromatic amines is 1. The second-order valence-corrected chi connectivity index (χ2v) is 21.9. The predicted molar refractivity (Wildman–Crippen MR) is 226 cm³/mol. The molecule has 3 fully saturated rings. The molecule has 3 aliphatic heterocycles. The fraction of sp³-hybridized carbons (Fsp3) is 0.688. The fourth-order valence-corrected chi connectivity index (χ4v) is 12.4. The number of phosphoric ester groups is 3. The van der Waals surface area contributed by atoms with E-state index >= 15 is 0 Å². The van der Waals surface area contributed by atoms with Crippen LogP contribution in [-0.2, 0) is 80.4 Å². The maximum absolute atomic E-state index is 13.6. The number of phosphoric acid groups is 4. The lowest BCUT2D eigenvalue weighted by atomic mass is 10.1. The van der Waals surface area contributed by atoms with Gasteiger partial charge >= 0.3 is 36.9 Å². The molecule has 69 heavy (non-hydrogen) atoms. The molecule has 386 valence electrons. The zero-order valence-corrected chi connectivity index (χ0v) is 40.6. The van der Waals surface area contributed by atoms with Crippen molar-refractivity contribution < 1.29 is 108 Å². The van der Waals surface area contributed by atoms with Crippen molar-refractivity contribution in [3.63, 3.8) is 0 Å². The smallest absolute Gasteiger partial charge is 0.388 e. The number of aromatic nitrogens is 8. The summed E-state index contributed by atoms with van der Waals surface area (Å²) in [6, 6.07) is 0. The van der Waals surface area contributed by atoms with Crippen LogP contribution in [0.5, 0.6) is 0 Å². The van der Waals surface area contributed by atoms with Crippen molar-refractivity contribution in [1.29, 1.82) is 0 Å². The van der Waals surface area contributed by atoms with Gasteiger partial charge in [-0.2, -0.15) is 8.62 Å². The number of nitrogen functional groups attached to an aromatic ring is 2. The molecule has 33 nitrogen and oxygen atoms in total. The van der Waals surface area contributed by atoms with Crippen molar-refractivity contribution in [2.75, 3.05) is 45.5 Å². The van der Waals surface area contributed by atoms with Gasteiger partial charge in [0.2, 0.25) is 11.7 Å². The van der Waals surface area contributed by atoms with Crippen LogP contribution in [0.1, 0.15) is 33.2 Å². The van der Waals surface area contributed by atoms with Gasteiger partial charge < -0.3 is 69.7 Å². The molecule has 7 rings (SSSR count). The quantitative estimate of drug-likeness (QED) is 0.0340. The van der Waals surface area contributed by atoms with Crippen LogP contribution in [0.15, 0.2) is 23.8 Å². The first-order valence-electron chi connectivity index (χ1n) is 20.3. The molecule has 0 amide bonds. The largest absolute Gasteiger partial charge is 0.490 e. The van der Waals surface area contributed by atoms with Gasteiger partial charge in [-0.15, -0.1) is 0 Å². The Labute approximate surface area is 388 Å². The predicted octanol–water partition coefficient (Wildman–Crippen LogP) is -1.45. The molecule has 0 radical (unpaired) electrons. The minimum atomic E-state index is -6.12. The van der Waals surface area contributed by atoms with E-state index in [4.69, 9.17) is 58.0 Å². The molecule has 4 aromatic rings. The average molecular weight is 1070 g/mol. The Kier molecular flexibility index (Phi) is 16.0. The lowest BCUT2D eigenvalue weighted by Crippen LogP contribution is -2.46. The van der Waals surface area contributed by atoms with Crippen molar-refractivity contribution in [1.82, 2.24) is 34.1 Å². The molecule has 37 heteroatoms. The fourth-order valence-electron chi connectivity index (χ4n) is 7.88. The van der Waals surface area contributed by atoms with E-state index in [9.17, 15) is 52.8 Å². The Morgan fingerprint density at radius 3 is 2.01 bits per heavy atom. The van der Waals surface area contributed by atoms with Crippen LogP contribution in [0.3, 0.4) is 0 Å².